The molecular formula is C19H21F3N2O3S. The molecule has 1 aliphatic carbocycles. The zero-order chi connectivity index (χ0) is 20.3. The second-order valence-electron chi connectivity index (χ2n) is 7.02. The molecule has 28 heavy (non-hydrogen) atoms. The van der Waals surface area contributed by atoms with E-state index in [1.807, 2.05) is 0 Å². The molecule has 1 aromatic carbocycles. The largest absolute Gasteiger partial charge is 0.398 e. The van der Waals surface area contributed by atoms with Crippen molar-refractivity contribution in [3.05, 3.63) is 24.3 Å². The van der Waals surface area contributed by atoms with Crippen LogP contribution in [0.1, 0.15) is 32.1 Å². The second kappa shape index (κ2) is 8.55. The summed E-state index contributed by atoms with van der Waals surface area (Å²) in [6.07, 6.45) is -1.12. The van der Waals surface area contributed by atoms with Crippen LogP contribution in [-0.4, -0.2) is 41.1 Å². The molecule has 0 bridgehead atoms. The number of amides is 3. The number of carbonyl (C=O) groups is 3. The minimum atomic E-state index is -4.31. The maximum absolute atomic E-state index is 12.5. The van der Waals surface area contributed by atoms with Gasteiger partial charge < -0.3 is 5.32 Å². The van der Waals surface area contributed by atoms with Gasteiger partial charge in [0.15, 0.2) is 0 Å². The summed E-state index contributed by atoms with van der Waals surface area (Å²) in [5, 5.41) is 2.59. The highest BCUT2D eigenvalue weighted by Crippen LogP contribution is 2.38. The third kappa shape index (κ3) is 4.87. The number of nitrogens with zero attached hydrogens (tertiary/aromatic N) is 1. The Morgan fingerprint density at radius 1 is 1.11 bits per heavy atom. The molecule has 0 spiro atoms. The van der Waals surface area contributed by atoms with E-state index in [1.165, 1.54) is 17.0 Å². The van der Waals surface area contributed by atoms with Crippen LogP contribution >= 0.6 is 11.8 Å². The summed E-state index contributed by atoms with van der Waals surface area (Å²) in [7, 11) is 0. The average molecular weight is 414 g/mol. The fraction of sp³-hybridized carbons (Fsp3) is 0.526. The molecule has 2 atom stereocenters. The van der Waals surface area contributed by atoms with Crippen molar-refractivity contribution in [2.75, 3.05) is 17.6 Å². The topological polar surface area (TPSA) is 66.5 Å². The SMILES string of the molecule is O=C(CCN1C(=O)C2CCCCC2C1=O)Nc1ccccc1SCC(F)(F)F. The summed E-state index contributed by atoms with van der Waals surface area (Å²) in [5.74, 6) is -2.44. The third-order valence-electron chi connectivity index (χ3n) is 5.05. The van der Waals surface area contributed by atoms with Crippen molar-refractivity contribution in [2.45, 2.75) is 43.2 Å². The molecule has 2 aliphatic rings. The molecule has 2 unspecified atom stereocenters. The van der Waals surface area contributed by atoms with Gasteiger partial charge in [0.1, 0.15) is 0 Å². The molecule has 152 valence electrons. The number of alkyl halides is 3. The van der Waals surface area contributed by atoms with Gasteiger partial charge in [0, 0.05) is 17.9 Å². The standard InChI is InChI=1S/C19H21F3N2O3S/c20-19(21,22)11-28-15-8-4-3-7-14(15)23-16(25)9-10-24-17(26)12-5-1-2-6-13(12)18(24)27/h3-4,7-8,12-13H,1-2,5-6,9-11H2,(H,23,25). The number of hydrogen-bond acceptors (Lipinski definition) is 4. The smallest absolute Gasteiger partial charge is 0.325 e. The van der Waals surface area contributed by atoms with Crippen LogP contribution in [0.3, 0.4) is 0 Å². The predicted molar refractivity (Wildman–Crippen MR) is 98.6 cm³/mol. The van der Waals surface area contributed by atoms with E-state index in [1.54, 1.807) is 12.1 Å². The Morgan fingerprint density at radius 2 is 1.71 bits per heavy atom. The van der Waals surface area contributed by atoms with Gasteiger partial charge in [-0.05, 0) is 25.0 Å². The van der Waals surface area contributed by atoms with E-state index in [-0.39, 0.29) is 42.3 Å². The number of benzene rings is 1. The first kappa shape index (κ1) is 20.7. The lowest BCUT2D eigenvalue weighted by molar-refractivity contribution is -0.140. The van der Waals surface area contributed by atoms with Gasteiger partial charge >= 0.3 is 6.18 Å². The van der Waals surface area contributed by atoms with Gasteiger partial charge in [-0.15, -0.1) is 11.8 Å². The highest BCUT2D eigenvalue weighted by atomic mass is 32.2. The zero-order valence-electron chi connectivity index (χ0n) is 15.1. The van der Waals surface area contributed by atoms with E-state index in [2.05, 4.69) is 5.32 Å². The van der Waals surface area contributed by atoms with Gasteiger partial charge in [0.25, 0.3) is 0 Å². The van der Waals surface area contributed by atoms with Crippen molar-refractivity contribution in [3.63, 3.8) is 0 Å². The monoisotopic (exact) mass is 414 g/mol. The first-order chi connectivity index (χ1) is 13.3. The average Bonchev–Trinajstić information content (AvgIpc) is 2.89. The van der Waals surface area contributed by atoms with E-state index in [4.69, 9.17) is 0 Å². The number of nitrogens with one attached hydrogen (secondary N) is 1. The molecule has 9 heteroatoms. The number of hydrogen-bond donors (Lipinski definition) is 1. The summed E-state index contributed by atoms with van der Waals surface area (Å²) in [6.45, 7) is -0.00559. The van der Waals surface area contributed by atoms with Crippen LogP contribution < -0.4 is 5.32 Å². The summed E-state index contributed by atoms with van der Waals surface area (Å²) in [5.41, 5.74) is 0.287. The Balaban J connectivity index is 1.56. The number of anilines is 1. The highest BCUT2D eigenvalue weighted by Gasteiger charge is 2.47. The third-order valence-corrected chi connectivity index (χ3v) is 6.19. The number of thioether (sulfide) groups is 1. The number of fused-ring (bicyclic) bond motifs is 1. The van der Waals surface area contributed by atoms with Gasteiger partial charge in [-0.25, -0.2) is 0 Å². The van der Waals surface area contributed by atoms with Gasteiger partial charge in [0.2, 0.25) is 17.7 Å². The van der Waals surface area contributed by atoms with E-state index in [0.29, 0.717) is 29.5 Å². The van der Waals surface area contributed by atoms with Crippen LogP contribution in [-0.2, 0) is 14.4 Å². The first-order valence-electron chi connectivity index (χ1n) is 9.20. The van der Waals surface area contributed by atoms with Crippen LogP contribution in [0.4, 0.5) is 18.9 Å². The van der Waals surface area contributed by atoms with E-state index in [9.17, 15) is 27.6 Å². The molecule has 1 aromatic rings. The molecule has 0 radical (unpaired) electrons. The molecule has 5 nitrogen and oxygen atoms in total. The maximum atomic E-state index is 12.5. The van der Waals surface area contributed by atoms with Gasteiger partial charge in [0.05, 0.1) is 23.3 Å². The fourth-order valence-electron chi connectivity index (χ4n) is 3.73. The van der Waals surface area contributed by atoms with E-state index < -0.39 is 17.8 Å². The van der Waals surface area contributed by atoms with Crippen molar-refractivity contribution in [1.82, 2.24) is 4.90 Å². The molecule has 0 aromatic heterocycles. The van der Waals surface area contributed by atoms with Crippen LogP contribution in [0.25, 0.3) is 0 Å². The molecule has 1 heterocycles. The number of imide groups is 1. The second-order valence-corrected chi connectivity index (χ2v) is 8.04. The number of para-hydroxylation sites is 1. The van der Waals surface area contributed by atoms with E-state index in [0.717, 1.165) is 12.8 Å². The Labute approximate surface area is 165 Å². The number of halogens is 3. The van der Waals surface area contributed by atoms with Gasteiger partial charge in [-0.3, -0.25) is 19.3 Å². The molecular weight excluding hydrogens is 393 g/mol. The minimum absolute atomic E-state index is 0.00559. The summed E-state index contributed by atoms with van der Waals surface area (Å²) in [4.78, 5) is 38.6. The summed E-state index contributed by atoms with van der Waals surface area (Å²) in [6, 6.07) is 6.24. The lowest BCUT2D eigenvalue weighted by atomic mass is 9.81. The van der Waals surface area contributed by atoms with Crippen LogP contribution in [0, 0.1) is 11.8 Å². The number of likely N-dealkylation sites (tertiary alicyclic amines) is 1. The number of rotatable bonds is 6. The quantitative estimate of drug-likeness (QED) is 0.567. The van der Waals surface area contributed by atoms with Gasteiger partial charge in [-0.2, -0.15) is 13.2 Å². The maximum Gasteiger partial charge on any atom is 0.398 e. The lowest BCUT2D eigenvalue weighted by Crippen LogP contribution is -2.34. The molecule has 1 aliphatic heterocycles. The lowest BCUT2D eigenvalue weighted by Gasteiger charge is -2.19. The minimum Gasteiger partial charge on any atom is -0.325 e. The molecule has 1 saturated heterocycles. The molecule has 2 fully saturated rings. The molecule has 3 amide bonds. The molecule has 1 saturated carbocycles. The normalized spacial score (nSPS) is 22.3. The number of carbonyl (C=O) groups excluding carboxylic acids is 3. The van der Waals surface area contributed by atoms with Crippen molar-refractivity contribution in [1.29, 1.82) is 0 Å². The van der Waals surface area contributed by atoms with Crippen molar-refractivity contribution in [2.24, 2.45) is 11.8 Å². The Bertz CT molecular complexity index is 745. The zero-order valence-corrected chi connectivity index (χ0v) is 15.9. The Morgan fingerprint density at radius 3 is 2.32 bits per heavy atom. The van der Waals surface area contributed by atoms with Crippen molar-refractivity contribution >= 4 is 35.2 Å². The van der Waals surface area contributed by atoms with Crippen LogP contribution in [0.15, 0.2) is 29.2 Å². The molecule has 3 rings (SSSR count). The van der Waals surface area contributed by atoms with Crippen LogP contribution in [0.2, 0.25) is 0 Å². The Hall–Kier alpha value is -2.03. The molecule has 1 N–H and O–H groups in total. The predicted octanol–water partition coefficient (Wildman–Crippen LogP) is 3.84. The summed E-state index contributed by atoms with van der Waals surface area (Å²) < 4.78 is 37.4. The van der Waals surface area contributed by atoms with Gasteiger partial charge in [-0.1, -0.05) is 25.0 Å². The van der Waals surface area contributed by atoms with Crippen LogP contribution in [0.5, 0.6) is 0 Å². The van der Waals surface area contributed by atoms with Crippen molar-refractivity contribution < 1.29 is 27.6 Å². The Kier molecular flexibility index (Phi) is 6.32. The summed E-state index contributed by atoms with van der Waals surface area (Å²) >= 11 is 0.595. The fourth-order valence-corrected chi connectivity index (χ4v) is 4.50. The van der Waals surface area contributed by atoms with E-state index >= 15 is 0 Å². The highest BCUT2D eigenvalue weighted by molar-refractivity contribution is 7.99. The van der Waals surface area contributed by atoms with Crippen molar-refractivity contribution in [3.8, 4) is 0 Å². The first-order valence-corrected chi connectivity index (χ1v) is 10.2.